The third-order valence-electron chi connectivity index (χ3n) is 3.75. The standard InChI is InChI=1S/C17H14ClN3O4S/c18-12-8-10(15(24)19-11-6-7-13(22)20-16(11)25)17(26-12)21-14(23)9-4-2-1-3-5-9/h1-5,8,11H,6-7H2,(H,19,24)(H,21,23)(H,20,22,25). The van der Waals surface area contributed by atoms with Gasteiger partial charge in [0.25, 0.3) is 11.8 Å². The van der Waals surface area contributed by atoms with Crippen molar-refractivity contribution in [3.63, 3.8) is 0 Å². The van der Waals surface area contributed by atoms with E-state index in [0.29, 0.717) is 9.90 Å². The minimum Gasteiger partial charge on any atom is -0.340 e. The Morgan fingerprint density at radius 1 is 1.15 bits per heavy atom. The maximum Gasteiger partial charge on any atom is 0.256 e. The van der Waals surface area contributed by atoms with Crippen LogP contribution in [0.1, 0.15) is 33.6 Å². The summed E-state index contributed by atoms with van der Waals surface area (Å²) >= 11 is 7.04. The van der Waals surface area contributed by atoms with Crippen LogP contribution in [0.15, 0.2) is 36.4 Å². The lowest BCUT2D eigenvalue weighted by atomic mass is 10.1. The van der Waals surface area contributed by atoms with E-state index < -0.39 is 17.9 Å². The van der Waals surface area contributed by atoms with Crippen molar-refractivity contribution < 1.29 is 19.2 Å². The van der Waals surface area contributed by atoms with Crippen LogP contribution < -0.4 is 16.0 Å². The minimum absolute atomic E-state index is 0.151. The molecule has 3 rings (SSSR count). The normalized spacial score (nSPS) is 16.7. The van der Waals surface area contributed by atoms with E-state index in [1.807, 2.05) is 0 Å². The van der Waals surface area contributed by atoms with Crippen molar-refractivity contribution >= 4 is 51.6 Å². The van der Waals surface area contributed by atoms with Gasteiger partial charge in [0.15, 0.2) is 0 Å². The first kappa shape index (κ1) is 18.1. The molecule has 0 aliphatic carbocycles. The van der Waals surface area contributed by atoms with Gasteiger partial charge >= 0.3 is 0 Å². The second kappa shape index (κ2) is 7.67. The molecule has 2 aromatic rings. The van der Waals surface area contributed by atoms with E-state index in [4.69, 9.17) is 11.6 Å². The molecule has 1 fully saturated rings. The average molecular weight is 392 g/mol. The van der Waals surface area contributed by atoms with Gasteiger partial charge in [-0.2, -0.15) is 0 Å². The number of carbonyl (C=O) groups is 4. The van der Waals surface area contributed by atoms with Crippen molar-refractivity contribution in [2.75, 3.05) is 5.32 Å². The van der Waals surface area contributed by atoms with Crippen LogP contribution in [0.5, 0.6) is 0 Å². The van der Waals surface area contributed by atoms with Crippen LogP contribution in [0.3, 0.4) is 0 Å². The molecule has 0 saturated carbocycles. The highest BCUT2D eigenvalue weighted by molar-refractivity contribution is 7.20. The second-order valence-corrected chi connectivity index (χ2v) is 7.27. The fourth-order valence-corrected chi connectivity index (χ4v) is 3.57. The van der Waals surface area contributed by atoms with Crippen molar-refractivity contribution in [1.29, 1.82) is 0 Å². The Morgan fingerprint density at radius 3 is 2.58 bits per heavy atom. The van der Waals surface area contributed by atoms with E-state index in [9.17, 15) is 19.2 Å². The first-order valence-electron chi connectivity index (χ1n) is 7.74. The van der Waals surface area contributed by atoms with E-state index in [1.165, 1.54) is 6.07 Å². The van der Waals surface area contributed by atoms with E-state index in [2.05, 4.69) is 16.0 Å². The van der Waals surface area contributed by atoms with Gasteiger partial charge in [-0.3, -0.25) is 24.5 Å². The van der Waals surface area contributed by atoms with Crippen molar-refractivity contribution in [2.45, 2.75) is 18.9 Å². The van der Waals surface area contributed by atoms with Crippen molar-refractivity contribution in [3.05, 3.63) is 51.9 Å². The Bertz CT molecular complexity index is 881. The summed E-state index contributed by atoms with van der Waals surface area (Å²) in [6.07, 6.45) is 0.374. The molecule has 1 aliphatic rings. The number of nitrogens with one attached hydrogen (secondary N) is 3. The van der Waals surface area contributed by atoms with Crippen LogP contribution >= 0.6 is 22.9 Å². The zero-order chi connectivity index (χ0) is 18.7. The second-order valence-electron chi connectivity index (χ2n) is 5.59. The summed E-state index contributed by atoms with van der Waals surface area (Å²) in [6.45, 7) is 0. The summed E-state index contributed by atoms with van der Waals surface area (Å²) in [5.41, 5.74) is 0.600. The van der Waals surface area contributed by atoms with Gasteiger partial charge in [-0.05, 0) is 24.6 Å². The van der Waals surface area contributed by atoms with Crippen molar-refractivity contribution in [2.24, 2.45) is 0 Å². The van der Waals surface area contributed by atoms with Gasteiger partial charge in [-0.25, -0.2) is 0 Å². The molecule has 7 nitrogen and oxygen atoms in total. The topological polar surface area (TPSA) is 104 Å². The van der Waals surface area contributed by atoms with Crippen LogP contribution in [0.2, 0.25) is 4.34 Å². The van der Waals surface area contributed by atoms with Gasteiger partial charge in [0.05, 0.1) is 9.90 Å². The quantitative estimate of drug-likeness (QED) is 0.695. The molecule has 1 aliphatic heterocycles. The molecule has 1 saturated heterocycles. The Kier molecular flexibility index (Phi) is 5.34. The number of thiophene rings is 1. The highest BCUT2D eigenvalue weighted by Crippen LogP contribution is 2.32. The number of amides is 4. The molecule has 0 radical (unpaired) electrons. The number of carbonyl (C=O) groups excluding carboxylic acids is 4. The maximum absolute atomic E-state index is 12.5. The van der Waals surface area contributed by atoms with Gasteiger partial charge in [-0.15, -0.1) is 11.3 Å². The van der Waals surface area contributed by atoms with Gasteiger partial charge in [0.2, 0.25) is 11.8 Å². The number of imide groups is 1. The predicted molar refractivity (Wildman–Crippen MR) is 97.4 cm³/mol. The summed E-state index contributed by atoms with van der Waals surface area (Å²) in [6, 6.07) is 9.16. The first-order valence-corrected chi connectivity index (χ1v) is 8.94. The molecular formula is C17H14ClN3O4S. The third-order valence-corrected chi connectivity index (χ3v) is 4.93. The molecular weight excluding hydrogens is 378 g/mol. The average Bonchev–Trinajstić information content (AvgIpc) is 2.98. The van der Waals surface area contributed by atoms with Gasteiger partial charge in [0, 0.05) is 12.0 Å². The van der Waals surface area contributed by atoms with Gasteiger partial charge < -0.3 is 10.6 Å². The van der Waals surface area contributed by atoms with Gasteiger partial charge in [0.1, 0.15) is 11.0 Å². The summed E-state index contributed by atoms with van der Waals surface area (Å²) in [7, 11) is 0. The molecule has 1 atom stereocenters. The van der Waals surface area contributed by atoms with Crippen LogP contribution in [-0.4, -0.2) is 29.7 Å². The molecule has 2 heterocycles. The Balaban J connectivity index is 1.74. The minimum atomic E-state index is -0.809. The van der Waals surface area contributed by atoms with Crippen LogP contribution in [-0.2, 0) is 9.59 Å². The highest BCUT2D eigenvalue weighted by Gasteiger charge is 2.29. The number of hydrogen-bond donors (Lipinski definition) is 3. The molecule has 4 amide bonds. The number of anilines is 1. The zero-order valence-electron chi connectivity index (χ0n) is 13.4. The molecule has 1 unspecified atom stereocenters. The zero-order valence-corrected chi connectivity index (χ0v) is 14.9. The Morgan fingerprint density at radius 2 is 1.88 bits per heavy atom. The highest BCUT2D eigenvalue weighted by atomic mass is 35.5. The van der Waals surface area contributed by atoms with Crippen LogP contribution in [0, 0.1) is 0 Å². The number of rotatable bonds is 4. The summed E-state index contributed by atoms with van der Waals surface area (Å²) < 4.78 is 0.321. The lowest BCUT2D eigenvalue weighted by molar-refractivity contribution is -0.134. The maximum atomic E-state index is 12.5. The SMILES string of the molecule is O=C1CCC(NC(=O)c2cc(Cl)sc2NC(=O)c2ccccc2)C(=O)N1. The molecule has 0 bridgehead atoms. The van der Waals surface area contributed by atoms with E-state index in [-0.39, 0.29) is 35.2 Å². The molecule has 0 spiro atoms. The number of benzene rings is 1. The summed E-state index contributed by atoms with van der Waals surface area (Å²) in [5, 5.41) is 7.69. The fraction of sp³-hybridized carbons (Fsp3) is 0.176. The van der Waals surface area contributed by atoms with Gasteiger partial charge in [-0.1, -0.05) is 29.8 Å². The number of hydrogen-bond acceptors (Lipinski definition) is 5. The lowest BCUT2D eigenvalue weighted by Gasteiger charge is -2.21. The van der Waals surface area contributed by atoms with E-state index in [1.54, 1.807) is 30.3 Å². The Labute approximate surface area is 157 Å². The van der Waals surface area contributed by atoms with Crippen molar-refractivity contribution in [1.82, 2.24) is 10.6 Å². The number of halogens is 1. The number of piperidine rings is 1. The van der Waals surface area contributed by atoms with Crippen LogP contribution in [0.4, 0.5) is 5.00 Å². The first-order chi connectivity index (χ1) is 12.4. The summed E-state index contributed by atoms with van der Waals surface area (Å²) in [4.78, 5) is 47.8. The fourth-order valence-electron chi connectivity index (χ4n) is 2.45. The van der Waals surface area contributed by atoms with E-state index >= 15 is 0 Å². The Hall–Kier alpha value is -2.71. The summed E-state index contributed by atoms with van der Waals surface area (Å²) in [5.74, 6) is -1.84. The largest absolute Gasteiger partial charge is 0.340 e. The molecule has 1 aromatic heterocycles. The predicted octanol–water partition coefficient (Wildman–Crippen LogP) is 2.19. The van der Waals surface area contributed by atoms with Crippen molar-refractivity contribution in [3.8, 4) is 0 Å². The molecule has 134 valence electrons. The third kappa shape index (κ3) is 4.09. The molecule has 3 N–H and O–H groups in total. The monoisotopic (exact) mass is 391 g/mol. The molecule has 1 aromatic carbocycles. The van der Waals surface area contributed by atoms with Crippen LogP contribution in [0.25, 0.3) is 0 Å². The van der Waals surface area contributed by atoms with E-state index in [0.717, 1.165) is 11.3 Å². The molecule has 26 heavy (non-hydrogen) atoms. The molecule has 9 heteroatoms. The smallest absolute Gasteiger partial charge is 0.256 e. The lowest BCUT2D eigenvalue weighted by Crippen LogP contribution is -2.52.